The Bertz CT molecular complexity index is 1110. The van der Waals surface area contributed by atoms with Crippen molar-refractivity contribution in [1.29, 1.82) is 0 Å². The molecular weight excluding hydrogens is 476 g/mol. The summed E-state index contributed by atoms with van der Waals surface area (Å²) in [6, 6.07) is 23.3. The minimum Gasteiger partial charge on any atom is -0.497 e. The fourth-order valence-electron chi connectivity index (χ4n) is 3.79. The summed E-state index contributed by atoms with van der Waals surface area (Å²) >= 11 is 5.96. The van der Waals surface area contributed by atoms with Crippen LogP contribution in [-0.4, -0.2) is 43.0 Å². The van der Waals surface area contributed by atoms with Crippen LogP contribution in [0.25, 0.3) is 0 Å². The highest BCUT2D eigenvalue weighted by molar-refractivity contribution is 6.30. The lowest BCUT2D eigenvalue weighted by molar-refractivity contribution is -0.142. The van der Waals surface area contributed by atoms with Crippen LogP contribution in [0.1, 0.15) is 30.9 Å². The lowest BCUT2D eigenvalue weighted by Gasteiger charge is -2.31. The molecule has 0 aliphatic rings. The van der Waals surface area contributed by atoms with E-state index in [1.165, 1.54) is 0 Å². The minimum atomic E-state index is -0.711. The van der Waals surface area contributed by atoms with E-state index in [2.05, 4.69) is 12.2 Å². The number of halogens is 1. The largest absolute Gasteiger partial charge is 0.497 e. The maximum atomic E-state index is 13.6. The van der Waals surface area contributed by atoms with Crippen molar-refractivity contribution in [2.45, 2.75) is 38.8 Å². The van der Waals surface area contributed by atoms with E-state index in [-0.39, 0.29) is 25.0 Å². The van der Waals surface area contributed by atoms with Gasteiger partial charge < -0.3 is 19.7 Å². The van der Waals surface area contributed by atoms with Crippen LogP contribution >= 0.6 is 11.6 Å². The molecule has 190 valence electrons. The van der Waals surface area contributed by atoms with E-state index in [0.29, 0.717) is 29.5 Å². The molecule has 3 aromatic carbocycles. The van der Waals surface area contributed by atoms with Gasteiger partial charge in [0.2, 0.25) is 5.91 Å². The first kappa shape index (κ1) is 27.1. The average molecular weight is 509 g/mol. The van der Waals surface area contributed by atoms with Crippen LogP contribution in [0.3, 0.4) is 0 Å². The van der Waals surface area contributed by atoms with Gasteiger partial charge in [-0.15, -0.1) is 0 Å². The smallest absolute Gasteiger partial charge is 0.261 e. The van der Waals surface area contributed by atoms with Crippen molar-refractivity contribution in [1.82, 2.24) is 10.2 Å². The molecule has 0 bridgehead atoms. The molecule has 0 fully saturated rings. The average Bonchev–Trinajstić information content (AvgIpc) is 2.91. The molecule has 0 aliphatic heterocycles. The van der Waals surface area contributed by atoms with E-state index in [1.807, 2.05) is 54.6 Å². The summed E-state index contributed by atoms with van der Waals surface area (Å²) in [5.41, 5.74) is 1.82. The Labute approximate surface area is 218 Å². The lowest BCUT2D eigenvalue weighted by atomic mass is 10.0. The third-order valence-electron chi connectivity index (χ3n) is 5.76. The monoisotopic (exact) mass is 508 g/mol. The number of carbonyl (C=O) groups is 2. The molecule has 7 heteroatoms. The second-order valence-electron chi connectivity index (χ2n) is 8.47. The van der Waals surface area contributed by atoms with Gasteiger partial charge in [-0.1, -0.05) is 67.4 Å². The highest BCUT2D eigenvalue weighted by atomic mass is 35.5. The summed E-state index contributed by atoms with van der Waals surface area (Å²) in [5, 5.41) is 3.60. The standard InChI is InChI=1S/C29H33ClN2O4/c1-3-4-17-31-29(34)27(19-22-9-6-5-7-10-22)32(20-23-11-8-12-26(18-23)35-2)28(33)21-36-25-15-13-24(30)14-16-25/h5-16,18,27H,3-4,17,19-21H2,1-2H3,(H,31,34). The van der Waals surface area contributed by atoms with Crippen LogP contribution in [-0.2, 0) is 22.6 Å². The first-order valence-electron chi connectivity index (χ1n) is 12.1. The van der Waals surface area contributed by atoms with Crippen LogP contribution in [0.2, 0.25) is 5.02 Å². The van der Waals surface area contributed by atoms with Crippen molar-refractivity contribution in [2.24, 2.45) is 0 Å². The highest BCUT2D eigenvalue weighted by Crippen LogP contribution is 2.20. The van der Waals surface area contributed by atoms with E-state index in [0.717, 1.165) is 24.0 Å². The normalized spacial score (nSPS) is 11.4. The molecule has 1 N–H and O–H groups in total. The van der Waals surface area contributed by atoms with Gasteiger partial charge in [0, 0.05) is 24.5 Å². The van der Waals surface area contributed by atoms with Crippen LogP contribution in [0.15, 0.2) is 78.9 Å². The Morgan fingerprint density at radius 3 is 2.36 bits per heavy atom. The topological polar surface area (TPSA) is 67.9 Å². The first-order valence-corrected chi connectivity index (χ1v) is 12.5. The van der Waals surface area contributed by atoms with Gasteiger partial charge in [-0.3, -0.25) is 9.59 Å². The molecule has 0 aromatic heterocycles. The van der Waals surface area contributed by atoms with Gasteiger partial charge in [0.05, 0.1) is 7.11 Å². The summed E-state index contributed by atoms with van der Waals surface area (Å²) in [6.45, 7) is 2.65. The number of unbranched alkanes of at least 4 members (excludes halogenated alkanes) is 1. The zero-order valence-corrected chi connectivity index (χ0v) is 21.5. The van der Waals surface area contributed by atoms with E-state index >= 15 is 0 Å². The number of rotatable bonds is 13. The predicted octanol–water partition coefficient (Wildman–Crippen LogP) is 5.28. The van der Waals surface area contributed by atoms with Crippen molar-refractivity contribution in [3.05, 3.63) is 95.0 Å². The van der Waals surface area contributed by atoms with E-state index in [9.17, 15) is 9.59 Å². The third-order valence-corrected chi connectivity index (χ3v) is 6.02. The number of hydrogen-bond donors (Lipinski definition) is 1. The Balaban J connectivity index is 1.89. The molecule has 2 amide bonds. The summed E-state index contributed by atoms with van der Waals surface area (Å²) in [4.78, 5) is 28.6. The van der Waals surface area contributed by atoms with E-state index in [1.54, 1.807) is 36.3 Å². The molecule has 0 heterocycles. The fourth-order valence-corrected chi connectivity index (χ4v) is 3.91. The second-order valence-corrected chi connectivity index (χ2v) is 8.90. The van der Waals surface area contributed by atoms with Crippen molar-refractivity contribution in [3.63, 3.8) is 0 Å². The van der Waals surface area contributed by atoms with Gasteiger partial charge in [0.25, 0.3) is 5.91 Å². The van der Waals surface area contributed by atoms with E-state index < -0.39 is 6.04 Å². The summed E-state index contributed by atoms with van der Waals surface area (Å²) in [6.07, 6.45) is 2.22. The van der Waals surface area contributed by atoms with Crippen molar-refractivity contribution < 1.29 is 19.1 Å². The van der Waals surface area contributed by atoms with Gasteiger partial charge >= 0.3 is 0 Å². The number of carbonyl (C=O) groups excluding carboxylic acids is 2. The maximum Gasteiger partial charge on any atom is 0.261 e. The second kappa shape index (κ2) is 14.1. The number of nitrogens with one attached hydrogen (secondary N) is 1. The number of methoxy groups -OCH3 is 1. The molecule has 0 spiro atoms. The number of amides is 2. The zero-order chi connectivity index (χ0) is 25.8. The quantitative estimate of drug-likeness (QED) is 0.319. The number of nitrogens with zero attached hydrogens (tertiary/aromatic N) is 1. The number of ether oxygens (including phenoxy) is 2. The van der Waals surface area contributed by atoms with Gasteiger partial charge in [0.15, 0.2) is 6.61 Å². The molecule has 0 saturated heterocycles. The van der Waals surface area contributed by atoms with Crippen molar-refractivity contribution in [2.75, 3.05) is 20.3 Å². The molecule has 3 rings (SSSR count). The molecule has 6 nitrogen and oxygen atoms in total. The summed E-state index contributed by atoms with van der Waals surface area (Å²) in [5.74, 6) is 0.736. The Morgan fingerprint density at radius 1 is 0.944 bits per heavy atom. The zero-order valence-electron chi connectivity index (χ0n) is 20.8. The van der Waals surface area contributed by atoms with E-state index in [4.69, 9.17) is 21.1 Å². The SMILES string of the molecule is CCCCNC(=O)C(Cc1ccccc1)N(Cc1cccc(OC)c1)C(=O)COc1ccc(Cl)cc1. The number of benzene rings is 3. The van der Waals surface area contributed by atoms with Crippen LogP contribution < -0.4 is 14.8 Å². The van der Waals surface area contributed by atoms with Crippen molar-refractivity contribution >= 4 is 23.4 Å². The molecule has 0 saturated carbocycles. The van der Waals surface area contributed by atoms with Gasteiger partial charge in [-0.05, 0) is 53.9 Å². The predicted molar refractivity (Wildman–Crippen MR) is 142 cm³/mol. The third kappa shape index (κ3) is 8.31. The van der Waals surface area contributed by atoms with Gasteiger partial charge in [0.1, 0.15) is 17.5 Å². The summed E-state index contributed by atoms with van der Waals surface area (Å²) in [7, 11) is 1.60. The van der Waals surface area contributed by atoms with Crippen LogP contribution in [0, 0.1) is 0 Å². The Morgan fingerprint density at radius 2 is 1.67 bits per heavy atom. The Kier molecular flexibility index (Phi) is 10.6. The minimum absolute atomic E-state index is 0.185. The molecule has 1 unspecified atom stereocenters. The Hall–Kier alpha value is -3.51. The molecule has 0 radical (unpaired) electrons. The molecule has 36 heavy (non-hydrogen) atoms. The van der Waals surface area contributed by atoms with Crippen molar-refractivity contribution in [3.8, 4) is 11.5 Å². The maximum absolute atomic E-state index is 13.6. The van der Waals surface area contributed by atoms with Crippen LogP contribution in [0.4, 0.5) is 0 Å². The van der Waals surface area contributed by atoms with Gasteiger partial charge in [-0.2, -0.15) is 0 Å². The molecule has 1 atom stereocenters. The van der Waals surface area contributed by atoms with Crippen LogP contribution in [0.5, 0.6) is 11.5 Å². The number of hydrogen-bond acceptors (Lipinski definition) is 4. The lowest BCUT2D eigenvalue weighted by Crippen LogP contribution is -2.51. The molecular formula is C29H33ClN2O4. The van der Waals surface area contributed by atoms with Gasteiger partial charge in [-0.25, -0.2) is 0 Å². The molecule has 3 aromatic rings. The summed E-state index contributed by atoms with van der Waals surface area (Å²) < 4.78 is 11.1. The highest BCUT2D eigenvalue weighted by Gasteiger charge is 2.30. The fraction of sp³-hybridized carbons (Fsp3) is 0.310. The first-order chi connectivity index (χ1) is 17.5. The molecule has 0 aliphatic carbocycles.